The van der Waals surface area contributed by atoms with Gasteiger partial charge in [0.05, 0.1) is 6.10 Å². The first-order chi connectivity index (χ1) is 9.27. The van der Waals surface area contributed by atoms with Crippen molar-refractivity contribution in [2.24, 2.45) is 0 Å². The second-order valence-electron chi connectivity index (χ2n) is 4.46. The van der Waals surface area contributed by atoms with Gasteiger partial charge in [-0.15, -0.1) is 0 Å². The summed E-state index contributed by atoms with van der Waals surface area (Å²) in [7, 11) is 1.68. The molecule has 4 heteroatoms. The van der Waals surface area contributed by atoms with Crippen LogP contribution in [0.5, 0.6) is 0 Å². The summed E-state index contributed by atoms with van der Waals surface area (Å²) in [5.41, 5.74) is 1.00. The summed E-state index contributed by atoms with van der Waals surface area (Å²) in [4.78, 5) is 0. The number of nitrogens with one attached hydrogen (secondary N) is 1. The second-order valence-corrected chi connectivity index (χ2v) is 4.46. The highest BCUT2D eigenvalue weighted by molar-refractivity contribution is 5.19. The van der Waals surface area contributed by atoms with Gasteiger partial charge in [-0.05, 0) is 37.1 Å². The first-order valence-electron chi connectivity index (χ1n) is 6.84. The van der Waals surface area contributed by atoms with Crippen molar-refractivity contribution in [2.45, 2.75) is 25.9 Å². The van der Waals surface area contributed by atoms with Crippen LogP contribution in [0.2, 0.25) is 0 Å². The fraction of sp³-hybridized carbons (Fsp3) is 0.600. The van der Waals surface area contributed by atoms with Crippen LogP contribution in [0.4, 0.5) is 4.39 Å². The highest BCUT2D eigenvalue weighted by Crippen LogP contribution is 2.17. The highest BCUT2D eigenvalue weighted by Gasteiger charge is 2.11. The first kappa shape index (κ1) is 16.1. The zero-order valence-electron chi connectivity index (χ0n) is 11.8. The fourth-order valence-corrected chi connectivity index (χ4v) is 1.79. The normalized spacial score (nSPS) is 12.6. The van der Waals surface area contributed by atoms with E-state index in [0.717, 1.165) is 31.5 Å². The zero-order chi connectivity index (χ0) is 13.9. The minimum atomic E-state index is -0.219. The number of hydrogen-bond acceptors (Lipinski definition) is 3. The number of benzene rings is 1. The van der Waals surface area contributed by atoms with Gasteiger partial charge in [0.2, 0.25) is 0 Å². The average molecular weight is 269 g/mol. The van der Waals surface area contributed by atoms with Gasteiger partial charge >= 0.3 is 0 Å². The summed E-state index contributed by atoms with van der Waals surface area (Å²) in [6, 6.07) is 6.51. The van der Waals surface area contributed by atoms with E-state index >= 15 is 0 Å². The van der Waals surface area contributed by atoms with E-state index in [1.54, 1.807) is 19.2 Å². The molecule has 0 aliphatic heterocycles. The van der Waals surface area contributed by atoms with E-state index < -0.39 is 0 Å². The van der Waals surface area contributed by atoms with Gasteiger partial charge in [0.25, 0.3) is 0 Å². The van der Waals surface area contributed by atoms with Crippen LogP contribution in [0.3, 0.4) is 0 Å². The summed E-state index contributed by atoms with van der Waals surface area (Å²) in [5.74, 6) is -0.219. The van der Waals surface area contributed by atoms with Crippen LogP contribution in [-0.4, -0.2) is 33.4 Å². The average Bonchev–Trinajstić information content (AvgIpc) is 2.43. The molecule has 1 atom stereocenters. The molecule has 0 aliphatic rings. The topological polar surface area (TPSA) is 30.5 Å². The molecular weight excluding hydrogens is 245 g/mol. The maximum absolute atomic E-state index is 12.9. The molecule has 0 fully saturated rings. The molecule has 0 radical (unpaired) electrons. The first-order valence-corrected chi connectivity index (χ1v) is 6.84. The minimum absolute atomic E-state index is 0.0380. The van der Waals surface area contributed by atoms with E-state index in [4.69, 9.17) is 9.47 Å². The van der Waals surface area contributed by atoms with E-state index in [2.05, 4.69) is 12.2 Å². The van der Waals surface area contributed by atoms with Gasteiger partial charge < -0.3 is 14.8 Å². The fourth-order valence-electron chi connectivity index (χ4n) is 1.79. The summed E-state index contributed by atoms with van der Waals surface area (Å²) in [5, 5.41) is 3.34. The van der Waals surface area contributed by atoms with Crippen LogP contribution >= 0.6 is 0 Å². The molecule has 3 nitrogen and oxygen atoms in total. The van der Waals surface area contributed by atoms with Crippen molar-refractivity contribution in [3.8, 4) is 0 Å². The predicted octanol–water partition coefficient (Wildman–Crippen LogP) is 2.92. The van der Waals surface area contributed by atoms with Gasteiger partial charge in [-0.25, -0.2) is 4.39 Å². The molecule has 1 N–H and O–H groups in total. The van der Waals surface area contributed by atoms with Gasteiger partial charge in [-0.1, -0.05) is 19.1 Å². The molecule has 0 spiro atoms. The van der Waals surface area contributed by atoms with E-state index in [9.17, 15) is 4.39 Å². The number of ether oxygens (including phenoxy) is 2. The Labute approximate surface area is 115 Å². The van der Waals surface area contributed by atoms with Crippen LogP contribution in [0.1, 0.15) is 31.4 Å². The Bertz CT molecular complexity index is 329. The lowest BCUT2D eigenvalue weighted by Crippen LogP contribution is -2.24. The Kier molecular flexibility index (Phi) is 8.38. The number of rotatable bonds is 10. The van der Waals surface area contributed by atoms with Crippen LogP contribution in [0.15, 0.2) is 24.3 Å². The molecule has 0 heterocycles. The maximum atomic E-state index is 12.9. The van der Waals surface area contributed by atoms with Crippen LogP contribution in [0.25, 0.3) is 0 Å². The lowest BCUT2D eigenvalue weighted by Gasteiger charge is -2.19. The van der Waals surface area contributed by atoms with E-state index in [1.165, 1.54) is 12.1 Å². The van der Waals surface area contributed by atoms with Crippen LogP contribution in [-0.2, 0) is 9.47 Å². The largest absolute Gasteiger partial charge is 0.385 e. The van der Waals surface area contributed by atoms with Crippen molar-refractivity contribution in [2.75, 3.05) is 33.4 Å². The maximum Gasteiger partial charge on any atom is 0.123 e. The van der Waals surface area contributed by atoms with Gasteiger partial charge in [0, 0.05) is 26.9 Å². The molecule has 1 aromatic rings. The second kappa shape index (κ2) is 9.89. The van der Waals surface area contributed by atoms with Gasteiger partial charge in [-0.2, -0.15) is 0 Å². The number of hydrogen-bond donors (Lipinski definition) is 1. The Morgan fingerprint density at radius 3 is 2.58 bits per heavy atom. The van der Waals surface area contributed by atoms with Crippen molar-refractivity contribution in [3.05, 3.63) is 35.6 Å². The molecule has 0 amide bonds. The molecular formula is C15H24FNO2. The van der Waals surface area contributed by atoms with Crippen molar-refractivity contribution >= 4 is 0 Å². The van der Waals surface area contributed by atoms with Gasteiger partial charge in [0.15, 0.2) is 0 Å². The van der Waals surface area contributed by atoms with Crippen molar-refractivity contribution in [1.29, 1.82) is 0 Å². The van der Waals surface area contributed by atoms with E-state index in [1.807, 2.05) is 0 Å². The van der Waals surface area contributed by atoms with E-state index in [-0.39, 0.29) is 11.9 Å². The molecule has 1 aromatic carbocycles. The molecule has 1 unspecified atom stereocenters. The van der Waals surface area contributed by atoms with Crippen molar-refractivity contribution < 1.29 is 13.9 Å². The summed E-state index contributed by atoms with van der Waals surface area (Å²) in [6.07, 6.45) is 1.91. The summed E-state index contributed by atoms with van der Waals surface area (Å²) in [6.45, 7) is 5.16. The minimum Gasteiger partial charge on any atom is -0.385 e. The standard InChI is InChI=1S/C15H24FNO2/c1-3-9-17-12-15(19-11-4-10-18-2)13-5-7-14(16)8-6-13/h5-8,15,17H,3-4,9-12H2,1-2H3. The Morgan fingerprint density at radius 2 is 1.95 bits per heavy atom. The lowest BCUT2D eigenvalue weighted by molar-refractivity contribution is 0.0389. The molecule has 0 saturated heterocycles. The third-order valence-electron chi connectivity index (χ3n) is 2.81. The van der Waals surface area contributed by atoms with Crippen molar-refractivity contribution in [1.82, 2.24) is 5.32 Å². The van der Waals surface area contributed by atoms with Gasteiger partial charge in [-0.3, -0.25) is 0 Å². The molecule has 0 aromatic heterocycles. The molecule has 1 rings (SSSR count). The Hall–Kier alpha value is -0.970. The van der Waals surface area contributed by atoms with Crippen LogP contribution < -0.4 is 5.32 Å². The van der Waals surface area contributed by atoms with E-state index in [0.29, 0.717) is 13.2 Å². The highest BCUT2D eigenvalue weighted by atomic mass is 19.1. The molecule has 0 bridgehead atoms. The Balaban J connectivity index is 2.49. The SMILES string of the molecule is CCCNCC(OCCCOC)c1ccc(F)cc1. The zero-order valence-corrected chi connectivity index (χ0v) is 11.8. The smallest absolute Gasteiger partial charge is 0.123 e. The molecule has 108 valence electrons. The van der Waals surface area contributed by atoms with Crippen LogP contribution in [0, 0.1) is 5.82 Å². The summed E-state index contributed by atoms with van der Waals surface area (Å²) >= 11 is 0. The number of halogens is 1. The number of methoxy groups -OCH3 is 1. The summed E-state index contributed by atoms with van der Waals surface area (Å²) < 4.78 is 23.8. The quantitative estimate of drug-likeness (QED) is 0.662. The molecule has 0 aliphatic carbocycles. The monoisotopic (exact) mass is 269 g/mol. The molecule has 19 heavy (non-hydrogen) atoms. The van der Waals surface area contributed by atoms with Crippen molar-refractivity contribution in [3.63, 3.8) is 0 Å². The Morgan fingerprint density at radius 1 is 1.21 bits per heavy atom. The predicted molar refractivity (Wildman–Crippen MR) is 74.7 cm³/mol. The lowest BCUT2D eigenvalue weighted by atomic mass is 10.1. The van der Waals surface area contributed by atoms with Gasteiger partial charge in [0.1, 0.15) is 5.82 Å². The third-order valence-corrected chi connectivity index (χ3v) is 2.81. The molecule has 0 saturated carbocycles. The third kappa shape index (κ3) is 6.66.